The van der Waals surface area contributed by atoms with Gasteiger partial charge in [0, 0.05) is 5.69 Å². The molecule has 4 aromatic rings. The Morgan fingerprint density at radius 2 is 1.83 bits per heavy atom. The monoisotopic (exact) mass is 389 g/mol. The van der Waals surface area contributed by atoms with Crippen molar-refractivity contribution in [1.82, 2.24) is 19.9 Å². The number of fused-ring (bicyclic) bond motifs is 1. The van der Waals surface area contributed by atoms with Crippen molar-refractivity contribution in [1.29, 1.82) is 0 Å². The summed E-state index contributed by atoms with van der Waals surface area (Å²) in [5, 5.41) is 12.3. The van der Waals surface area contributed by atoms with Gasteiger partial charge in [0.1, 0.15) is 0 Å². The van der Waals surface area contributed by atoms with Crippen LogP contribution >= 0.6 is 0 Å². The Balaban J connectivity index is 1.76. The summed E-state index contributed by atoms with van der Waals surface area (Å²) in [5.74, 6) is -0.0786. The predicted octanol–water partition coefficient (Wildman–Crippen LogP) is 4.71. The van der Waals surface area contributed by atoms with Gasteiger partial charge < -0.3 is 9.84 Å². The van der Waals surface area contributed by atoms with Crippen LogP contribution in [0.5, 0.6) is 0 Å². The van der Waals surface area contributed by atoms with Gasteiger partial charge in [0.25, 0.3) is 11.6 Å². The third kappa shape index (κ3) is 3.29. The largest absolute Gasteiger partial charge is 0.336 e. The summed E-state index contributed by atoms with van der Waals surface area (Å²) in [4.78, 5) is 17.8. The van der Waals surface area contributed by atoms with Crippen LogP contribution in [0.15, 0.2) is 40.9 Å². The number of hydrogen-bond acceptors (Lipinski definition) is 5. The number of carbonyl (C=O) groups is 1. The van der Waals surface area contributed by atoms with E-state index >= 15 is 0 Å². The van der Waals surface area contributed by atoms with Crippen LogP contribution in [0.3, 0.4) is 0 Å². The number of pyridine rings is 1. The molecule has 0 unspecified atom stereocenters. The second kappa shape index (κ2) is 7.16. The van der Waals surface area contributed by atoms with Crippen molar-refractivity contribution in [3.05, 3.63) is 64.7 Å². The fourth-order valence-corrected chi connectivity index (χ4v) is 3.41. The van der Waals surface area contributed by atoms with E-state index in [4.69, 9.17) is 4.52 Å². The van der Waals surface area contributed by atoms with E-state index in [0.717, 1.165) is 22.8 Å². The fraction of sp³-hybridized carbons (Fsp3) is 0.273. The SMILES string of the molecule is Cc1nn(-c2ccccc2)c(C)c1NC(=O)c1cc(C(C)C)nc2onc(C)c12. The Morgan fingerprint density at radius 1 is 1.10 bits per heavy atom. The van der Waals surface area contributed by atoms with Crippen molar-refractivity contribution in [2.45, 2.75) is 40.5 Å². The van der Waals surface area contributed by atoms with Gasteiger partial charge in [-0.2, -0.15) is 5.10 Å². The molecule has 0 saturated heterocycles. The van der Waals surface area contributed by atoms with E-state index in [1.165, 1.54) is 0 Å². The van der Waals surface area contributed by atoms with E-state index in [-0.39, 0.29) is 11.8 Å². The highest BCUT2D eigenvalue weighted by Crippen LogP contribution is 2.28. The highest BCUT2D eigenvalue weighted by atomic mass is 16.5. The zero-order chi connectivity index (χ0) is 20.7. The van der Waals surface area contributed by atoms with Crippen molar-refractivity contribution in [2.24, 2.45) is 0 Å². The van der Waals surface area contributed by atoms with Gasteiger partial charge in [-0.1, -0.05) is 37.2 Å². The zero-order valence-electron chi connectivity index (χ0n) is 17.1. The van der Waals surface area contributed by atoms with Gasteiger partial charge in [-0.25, -0.2) is 9.67 Å². The number of hydrogen-bond donors (Lipinski definition) is 1. The number of aryl methyl sites for hydroxylation is 2. The third-order valence-corrected chi connectivity index (χ3v) is 5.00. The quantitative estimate of drug-likeness (QED) is 0.546. The van der Waals surface area contributed by atoms with Crippen molar-refractivity contribution < 1.29 is 9.32 Å². The molecular formula is C22H23N5O2. The van der Waals surface area contributed by atoms with Crippen LogP contribution in [-0.4, -0.2) is 25.8 Å². The maximum absolute atomic E-state index is 13.3. The summed E-state index contributed by atoms with van der Waals surface area (Å²) in [6, 6.07) is 11.7. The topological polar surface area (TPSA) is 85.8 Å². The Morgan fingerprint density at radius 3 is 2.52 bits per heavy atom. The number of rotatable bonds is 4. The molecule has 0 aliphatic rings. The number of benzene rings is 1. The highest BCUT2D eigenvalue weighted by Gasteiger charge is 2.22. The Labute approximate surface area is 168 Å². The molecule has 7 nitrogen and oxygen atoms in total. The number of nitrogens with zero attached hydrogens (tertiary/aromatic N) is 4. The molecule has 3 heterocycles. The smallest absolute Gasteiger partial charge is 0.259 e. The van der Waals surface area contributed by atoms with Gasteiger partial charge in [-0.15, -0.1) is 0 Å². The summed E-state index contributed by atoms with van der Waals surface area (Å²) in [5.41, 5.74) is 5.56. The number of nitrogens with one attached hydrogen (secondary N) is 1. The molecule has 148 valence electrons. The summed E-state index contributed by atoms with van der Waals surface area (Å²) < 4.78 is 7.16. The second-order valence-corrected chi connectivity index (χ2v) is 7.44. The molecule has 0 saturated carbocycles. The van der Waals surface area contributed by atoms with Gasteiger partial charge in [0.05, 0.1) is 39.4 Å². The summed E-state index contributed by atoms with van der Waals surface area (Å²) in [6.45, 7) is 9.68. The molecule has 0 bridgehead atoms. The molecule has 0 spiro atoms. The number of aromatic nitrogens is 4. The van der Waals surface area contributed by atoms with E-state index in [1.54, 1.807) is 0 Å². The van der Waals surface area contributed by atoms with Crippen molar-refractivity contribution in [3.63, 3.8) is 0 Å². The number of carbonyl (C=O) groups excluding carboxylic acids is 1. The van der Waals surface area contributed by atoms with E-state index in [9.17, 15) is 4.79 Å². The summed E-state index contributed by atoms with van der Waals surface area (Å²) >= 11 is 0. The van der Waals surface area contributed by atoms with Gasteiger partial charge in [-0.3, -0.25) is 4.79 Å². The first-order valence-corrected chi connectivity index (χ1v) is 9.56. The average molecular weight is 389 g/mol. The maximum Gasteiger partial charge on any atom is 0.259 e. The second-order valence-electron chi connectivity index (χ2n) is 7.44. The molecule has 0 aliphatic carbocycles. The lowest BCUT2D eigenvalue weighted by molar-refractivity contribution is 0.102. The van der Waals surface area contributed by atoms with Gasteiger partial charge in [0.2, 0.25) is 0 Å². The van der Waals surface area contributed by atoms with Crippen molar-refractivity contribution >= 4 is 22.7 Å². The van der Waals surface area contributed by atoms with Gasteiger partial charge in [-0.05, 0) is 44.9 Å². The Kier molecular flexibility index (Phi) is 4.66. The Hall–Kier alpha value is -3.48. The van der Waals surface area contributed by atoms with E-state index in [2.05, 4.69) is 20.6 Å². The number of para-hydroxylation sites is 1. The van der Waals surface area contributed by atoms with E-state index in [0.29, 0.717) is 28.0 Å². The lowest BCUT2D eigenvalue weighted by atomic mass is 10.0. The molecule has 0 fully saturated rings. The molecule has 7 heteroatoms. The minimum Gasteiger partial charge on any atom is -0.336 e. The Bertz CT molecular complexity index is 1210. The minimum atomic E-state index is -0.232. The van der Waals surface area contributed by atoms with E-state index < -0.39 is 0 Å². The zero-order valence-corrected chi connectivity index (χ0v) is 17.1. The van der Waals surface area contributed by atoms with Crippen LogP contribution in [0.1, 0.15) is 52.9 Å². The van der Waals surface area contributed by atoms with Gasteiger partial charge >= 0.3 is 0 Å². The lowest BCUT2D eigenvalue weighted by Crippen LogP contribution is -2.15. The summed E-state index contributed by atoms with van der Waals surface area (Å²) in [6.07, 6.45) is 0. The standard InChI is InChI=1S/C22H23N5O2/c1-12(2)18-11-17(19-13(3)26-29-22(19)23-18)21(28)24-20-14(4)25-27(15(20)5)16-9-7-6-8-10-16/h6-12H,1-5H3,(H,24,28). The van der Waals surface area contributed by atoms with Crippen molar-refractivity contribution in [2.75, 3.05) is 5.32 Å². The summed E-state index contributed by atoms with van der Waals surface area (Å²) in [7, 11) is 0. The fourth-order valence-electron chi connectivity index (χ4n) is 3.41. The highest BCUT2D eigenvalue weighted by molar-refractivity contribution is 6.12. The molecule has 1 N–H and O–H groups in total. The maximum atomic E-state index is 13.3. The molecule has 0 aliphatic heterocycles. The molecular weight excluding hydrogens is 366 g/mol. The van der Waals surface area contributed by atoms with Crippen LogP contribution in [0.4, 0.5) is 5.69 Å². The normalized spacial score (nSPS) is 11.4. The third-order valence-electron chi connectivity index (χ3n) is 5.00. The van der Waals surface area contributed by atoms with Crippen LogP contribution in [0.2, 0.25) is 0 Å². The van der Waals surface area contributed by atoms with Crippen LogP contribution in [0.25, 0.3) is 16.8 Å². The lowest BCUT2D eigenvalue weighted by Gasteiger charge is -2.10. The van der Waals surface area contributed by atoms with Crippen LogP contribution in [0, 0.1) is 20.8 Å². The molecule has 3 aromatic heterocycles. The average Bonchev–Trinajstić information content (AvgIpc) is 3.22. The first-order chi connectivity index (χ1) is 13.9. The molecule has 0 atom stereocenters. The van der Waals surface area contributed by atoms with Crippen LogP contribution < -0.4 is 5.32 Å². The minimum absolute atomic E-state index is 0.153. The number of amides is 1. The number of anilines is 1. The molecule has 29 heavy (non-hydrogen) atoms. The first-order valence-electron chi connectivity index (χ1n) is 9.56. The van der Waals surface area contributed by atoms with Crippen LogP contribution in [-0.2, 0) is 0 Å². The molecule has 1 aromatic carbocycles. The van der Waals surface area contributed by atoms with Crippen molar-refractivity contribution in [3.8, 4) is 5.69 Å². The molecule has 0 radical (unpaired) electrons. The van der Waals surface area contributed by atoms with Gasteiger partial charge in [0.15, 0.2) is 0 Å². The first kappa shape index (κ1) is 18.9. The molecule has 4 rings (SSSR count). The molecule has 1 amide bonds. The van der Waals surface area contributed by atoms with E-state index in [1.807, 2.05) is 75.7 Å². The predicted molar refractivity (Wildman–Crippen MR) is 112 cm³/mol.